The van der Waals surface area contributed by atoms with Gasteiger partial charge in [-0.3, -0.25) is 14.4 Å². The van der Waals surface area contributed by atoms with Gasteiger partial charge in [0.15, 0.2) is 0 Å². The molecule has 1 aromatic rings. The molecule has 0 aliphatic carbocycles. The van der Waals surface area contributed by atoms with Crippen LogP contribution in [0.4, 0.5) is 0 Å². The van der Waals surface area contributed by atoms with Crippen molar-refractivity contribution in [2.45, 2.75) is 39.2 Å². The van der Waals surface area contributed by atoms with Gasteiger partial charge in [-0.15, -0.1) is 0 Å². The minimum Gasteiger partial charge on any atom is -0.344 e. The molecule has 0 saturated carbocycles. The first-order valence-electron chi connectivity index (χ1n) is 8.21. The molecule has 0 unspecified atom stereocenters. The zero-order valence-electron chi connectivity index (χ0n) is 14.0. The molecule has 1 heterocycles. The lowest BCUT2D eigenvalue weighted by Crippen LogP contribution is -2.41. The highest BCUT2D eigenvalue weighted by atomic mass is 35.5. The second-order valence-electron chi connectivity index (χ2n) is 6.62. The van der Waals surface area contributed by atoms with Gasteiger partial charge in [0.05, 0.1) is 6.04 Å². The molecule has 0 spiro atoms. The van der Waals surface area contributed by atoms with Gasteiger partial charge < -0.3 is 10.2 Å². The molecule has 0 radical (unpaired) electrons. The number of benzene rings is 1. The Bertz CT molecular complexity index is 630. The van der Waals surface area contributed by atoms with E-state index in [0.29, 0.717) is 24.5 Å². The summed E-state index contributed by atoms with van der Waals surface area (Å²) in [5.74, 6) is -0.866. The predicted molar refractivity (Wildman–Crippen MR) is 92.7 cm³/mol. The van der Waals surface area contributed by atoms with E-state index in [9.17, 15) is 14.4 Å². The number of likely N-dealkylation sites (tertiary alicyclic amines) is 1. The summed E-state index contributed by atoms with van der Waals surface area (Å²) in [5.41, 5.74) is 1.06. The average molecular weight is 351 g/mol. The van der Waals surface area contributed by atoms with Crippen molar-refractivity contribution < 1.29 is 14.4 Å². The van der Waals surface area contributed by atoms with Crippen LogP contribution in [0.5, 0.6) is 0 Å². The van der Waals surface area contributed by atoms with Gasteiger partial charge >= 0.3 is 0 Å². The zero-order valence-corrected chi connectivity index (χ0v) is 14.8. The number of nitrogens with zero attached hydrogens (tertiary/aromatic N) is 1. The third kappa shape index (κ3) is 5.34. The molecular weight excluding hydrogens is 328 g/mol. The largest absolute Gasteiger partial charge is 0.344 e. The summed E-state index contributed by atoms with van der Waals surface area (Å²) in [7, 11) is 0. The monoisotopic (exact) mass is 350 g/mol. The Morgan fingerprint density at radius 3 is 2.79 bits per heavy atom. The zero-order chi connectivity index (χ0) is 17.7. The van der Waals surface area contributed by atoms with Crippen molar-refractivity contribution in [3.8, 4) is 0 Å². The van der Waals surface area contributed by atoms with Crippen LogP contribution in [0.2, 0.25) is 5.02 Å². The van der Waals surface area contributed by atoms with Crippen LogP contribution in [-0.4, -0.2) is 41.6 Å². The van der Waals surface area contributed by atoms with Crippen molar-refractivity contribution in [2.24, 2.45) is 5.92 Å². The Labute approximate surface area is 147 Å². The lowest BCUT2D eigenvalue weighted by atomic mass is 10.1. The molecule has 1 N–H and O–H groups in total. The maximum Gasteiger partial charge on any atom is 0.287 e. The van der Waals surface area contributed by atoms with Gasteiger partial charge in [0.1, 0.15) is 0 Å². The Morgan fingerprint density at radius 2 is 2.12 bits per heavy atom. The minimum atomic E-state index is -0.585. The predicted octanol–water partition coefficient (Wildman–Crippen LogP) is 2.21. The van der Waals surface area contributed by atoms with Gasteiger partial charge in [-0.25, -0.2) is 0 Å². The maximum atomic E-state index is 12.1. The maximum absolute atomic E-state index is 12.1. The van der Waals surface area contributed by atoms with Crippen LogP contribution in [0, 0.1) is 5.92 Å². The van der Waals surface area contributed by atoms with Gasteiger partial charge in [0.2, 0.25) is 11.7 Å². The van der Waals surface area contributed by atoms with E-state index in [2.05, 4.69) is 5.32 Å². The summed E-state index contributed by atoms with van der Waals surface area (Å²) in [5, 5.41) is 3.35. The van der Waals surface area contributed by atoms with Gasteiger partial charge in [-0.05, 0) is 30.0 Å². The van der Waals surface area contributed by atoms with Gasteiger partial charge in [0.25, 0.3) is 5.91 Å². The molecule has 0 aromatic heterocycles. The molecule has 2 rings (SSSR count). The van der Waals surface area contributed by atoms with E-state index in [1.165, 1.54) is 0 Å². The Balaban J connectivity index is 1.82. The number of hydrogen-bond acceptors (Lipinski definition) is 3. The van der Waals surface area contributed by atoms with Crippen molar-refractivity contribution in [1.29, 1.82) is 0 Å². The van der Waals surface area contributed by atoms with E-state index in [0.717, 1.165) is 5.56 Å². The lowest BCUT2D eigenvalue weighted by molar-refractivity contribution is -0.138. The molecule has 2 amide bonds. The number of halogens is 1. The SMILES string of the molecule is CC(C)CC(=O)C(=O)N[C@H]1CC(=O)N(CCc2cccc(Cl)c2)C1. The fourth-order valence-corrected chi connectivity index (χ4v) is 2.98. The molecule has 130 valence electrons. The molecule has 1 atom stereocenters. The summed E-state index contributed by atoms with van der Waals surface area (Å²) in [6.07, 6.45) is 1.18. The normalized spacial score (nSPS) is 17.4. The Morgan fingerprint density at radius 1 is 1.38 bits per heavy atom. The molecule has 1 aromatic carbocycles. The van der Waals surface area contributed by atoms with Crippen LogP contribution in [0.15, 0.2) is 24.3 Å². The van der Waals surface area contributed by atoms with Crippen LogP contribution in [0.3, 0.4) is 0 Å². The Kier molecular flexibility index (Phi) is 6.37. The minimum absolute atomic E-state index is 0.00126. The molecule has 24 heavy (non-hydrogen) atoms. The second kappa shape index (κ2) is 8.29. The number of ketones is 1. The molecular formula is C18H23ClN2O3. The number of Topliss-reactive ketones (excluding diaryl/α,β-unsaturated/α-hetero) is 1. The fraction of sp³-hybridized carbons (Fsp3) is 0.500. The van der Waals surface area contributed by atoms with E-state index >= 15 is 0 Å². The van der Waals surface area contributed by atoms with Crippen molar-refractivity contribution in [3.63, 3.8) is 0 Å². The number of carbonyl (C=O) groups is 3. The summed E-state index contributed by atoms with van der Waals surface area (Å²) in [6.45, 7) is 4.80. The van der Waals surface area contributed by atoms with E-state index in [1.807, 2.05) is 38.1 Å². The first kappa shape index (κ1) is 18.5. The van der Waals surface area contributed by atoms with Crippen molar-refractivity contribution in [3.05, 3.63) is 34.9 Å². The quantitative estimate of drug-likeness (QED) is 0.767. The van der Waals surface area contributed by atoms with Crippen LogP contribution in [0.1, 0.15) is 32.3 Å². The third-order valence-corrected chi connectivity index (χ3v) is 4.19. The van der Waals surface area contributed by atoms with Crippen LogP contribution in [0.25, 0.3) is 0 Å². The standard InChI is InChI=1S/C18H23ClN2O3/c1-12(2)8-16(22)18(24)20-15-10-17(23)21(11-15)7-6-13-4-3-5-14(19)9-13/h3-5,9,12,15H,6-8,10-11H2,1-2H3,(H,20,24)/t15-/m0/s1. The third-order valence-electron chi connectivity index (χ3n) is 3.96. The van der Waals surface area contributed by atoms with Crippen molar-refractivity contribution >= 4 is 29.2 Å². The molecule has 1 aliphatic heterocycles. The first-order valence-corrected chi connectivity index (χ1v) is 8.59. The topological polar surface area (TPSA) is 66.5 Å². The van der Waals surface area contributed by atoms with Crippen LogP contribution >= 0.6 is 11.6 Å². The van der Waals surface area contributed by atoms with E-state index in [4.69, 9.17) is 11.6 Å². The molecule has 1 saturated heterocycles. The molecule has 1 aliphatic rings. The number of nitrogens with one attached hydrogen (secondary N) is 1. The molecule has 5 nitrogen and oxygen atoms in total. The molecule has 0 bridgehead atoms. The van der Waals surface area contributed by atoms with Crippen LogP contribution < -0.4 is 5.32 Å². The van der Waals surface area contributed by atoms with Gasteiger partial charge in [0, 0.05) is 31.0 Å². The highest BCUT2D eigenvalue weighted by molar-refractivity contribution is 6.36. The van der Waals surface area contributed by atoms with E-state index in [-0.39, 0.29) is 30.7 Å². The summed E-state index contributed by atoms with van der Waals surface area (Å²) < 4.78 is 0. The summed E-state index contributed by atoms with van der Waals surface area (Å²) in [6, 6.07) is 7.25. The average Bonchev–Trinajstić information content (AvgIpc) is 2.84. The number of amides is 2. The highest BCUT2D eigenvalue weighted by Gasteiger charge is 2.31. The number of hydrogen-bond donors (Lipinski definition) is 1. The number of rotatable bonds is 7. The molecule has 6 heteroatoms. The summed E-state index contributed by atoms with van der Waals surface area (Å²) in [4.78, 5) is 37.4. The van der Waals surface area contributed by atoms with E-state index in [1.54, 1.807) is 4.90 Å². The van der Waals surface area contributed by atoms with Crippen molar-refractivity contribution in [2.75, 3.05) is 13.1 Å². The Hall–Kier alpha value is -1.88. The van der Waals surface area contributed by atoms with E-state index < -0.39 is 11.7 Å². The summed E-state index contributed by atoms with van der Waals surface area (Å²) >= 11 is 5.95. The fourth-order valence-electron chi connectivity index (χ4n) is 2.77. The second-order valence-corrected chi connectivity index (χ2v) is 7.05. The van der Waals surface area contributed by atoms with Gasteiger partial charge in [-0.2, -0.15) is 0 Å². The smallest absolute Gasteiger partial charge is 0.287 e. The van der Waals surface area contributed by atoms with Crippen molar-refractivity contribution in [1.82, 2.24) is 10.2 Å². The highest BCUT2D eigenvalue weighted by Crippen LogP contribution is 2.15. The number of carbonyl (C=O) groups excluding carboxylic acids is 3. The molecule has 1 fully saturated rings. The van der Waals surface area contributed by atoms with Crippen LogP contribution in [-0.2, 0) is 20.8 Å². The first-order chi connectivity index (χ1) is 11.3. The van der Waals surface area contributed by atoms with Gasteiger partial charge in [-0.1, -0.05) is 37.6 Å². The lowest BCUT2D eigenvalue weighted by Gasteiger charge is -2.17.